The van der Waals surface area contributed by atoms with Crippen molar-refractivity contribution in [2.45, 2.75) is 13.8 Å². The van der Waals surface area contributed by atoms with E-state index in [1.165, 1.54) is 0 Å². The van der Waals surface area contributed by atoms with Gasteiger partial charge in [-0.2, -0.15) is 5.10 Å². The molecule has 0 spiro atoms. The van der Waals surface area contributed by atoms with Gasteiger partial charge in [0.2, 0.25) is 0 Å². The number of pyridine rings is 1. The number of likely N-dealkylation sites (N-methyl/N-ethyl adjacent to an activating group) is 1. The van der Waals surface area contributed by atoms with Gasteiger partial charge in [-0.25, -0.2) is 5.01 Å². The molecule has 3 aromatic rings. The third-order valence-corrected chi connectivity index (χ3v) is 5.23. The number of anilines is 3. The van der Waals surface area contributed by atoms with E-state index in [2.05, 4.69) is 77.3 Å². The summed E-state index contributed by atoms with van der Waals surface area (Å²) in [4.78, 5) is 6.29. The average molecular weight is 441 g/mol. The maximum absolute atomic E-state index is 6.24. The lowest BCUT2D eigenvalue weighted by Crippen LogP contribution is -2.28. The lowest BCUT2D eigenvalue weighted by Gasteiger charge is -2.20. The first-order valence-corrected chi connectivity index (χ1v) is 11.1. The molecule has 6 nitrogen and oxygen atoms in total. The molecule has 0 atom stereocenters. The molecular formula is C27H32N6. The quantitative estimate of drug-likeness (QED) is 0.302. The maximum Gasteiger partial charge on any atom is 0.0666 e. The van der Waals surface area contributed by atoms with Crippen LogP contribution in [-0.2, 0) is 0 Å². The number of hydrazone groups is 1. The van der Waals surface area contributed by atoms with Crippen molar-refractivity contribution in [3.8, 4) is 0 Å². The lowest BCUT2D eigenvalue weighted by molar-refractivity contribution is 0.328. The van der Waals surface area contributed by atoms with Crippen LogP contribution >= 0.6 is 0 Å². The van der Waals surface area contributed by atoms with Crippen LogP contribution in [0.25, 0.3) is 12.2 Å². The van der Waals surface area contributed by atoms with E-state index in [1.807, 2.05) is 42.6 Å². The Bertz CT molecular complexity index is 1070. The van der Waals surface area contributed by atoms with Gasteiger partial charge < -0.3 is 11.1 Å². The first-order chi connectivity index (χ1) is 16.1. The predicted octanol–water partition coefficient (Wildman–Crippen LogP) is 5.56. The van der Waals surface area contributed by atoms with E-state index in [1.54, 1.807) is 17.4 Å². The first-order valence-electron chi connectivity index (χ1n) is 11.1. The second kappa shape index (κ2) is 12.2. The number of benzene rings is 2. The summed E-state index contributed by atoms with van der Waals surface area (Å²) in [5, 5.41) is 9.28. The molecule has 1 aromatic heterocycles. The normalized spacial score (nSPS) is 11.7. The molecule has 33 heavy (non-hydrogen) atoms. The molecule has 3 N–H and O–H groups in total. The predicted molar refractivity (Wildman–Crippen MR) is 141 cm³/mol. The van der Waals surface area contributed by atoms with Crippen LogP contribution in [0.5, 0.6) is 0 Å². The van der Waals surface area contributed by atoms with E-state index in [-0.39, 0.29) is 0 Å². The highest BCUT2D eigenvalue weighted by Crippen LogP contribution is 2.24. The van der Waals surface area contributed by atoms with Gasteiger partial charge in [-0.05, 0) is 66.7 Å². The molecule has 0 amide bonds. The Kier molecular flexibility index (Phi) is 8.79. The standard InChI is InChI=1S/C27H32N6/c1-4-32(5-2)20-24(28)21-33(29-3)27-8-6-7-26(19-27)31-25-13-11-22(12-14-25)9-10-23-15-17-30-18-16-23/h6-19,21,31H,3-5,20,28H2,1-2H3/b10-9+,24-21-. The van der Waals surface area contributed by atoms with E-state index < -0.39 is 0 Å². The van der Waals surface area contributed by atoms with E-state index in [0.29, 0.717) is 6.54 Å². The molecule has 170 valence electrons. The summed E-state index contributed by atoms with van der Waals surface area (Å²) in [6.07, 6.45) is 9.57. The zero-order valence-corrected chi connectivity index (χ0v) is 19.4. The fraction of sp³-hybridized carbons (Fsp3) is 0.185. The molecule has 0 aliphatic heterocycles. The van der Waals surface area contributed by atoms with Crippen molar-refractivity contribution in [1.82, 2.24) is 9.88 Å². The Morgan fingerprint density at radius 2 is 1.64 bits per heavy atom. The molecule has 0 aliphatic rings. The summed E-state index contributed by atoms with van der Waals surface area (Å²) < 4.78 is 0. The van der Waals surface area contributed by atoms with Crippen molar-refractivity contribution in [2.24, 2.45) is 10.8 Å². The summed E-state index contributed by atoms with van der Waals surface area (Å²) in [5.74, 6) is 0. The van der Waals surface area contributed by atoms with Gasteiger partial charge in [0.1, 0.15) is 0 Å². The second-order valence-electron chi connectivity index (χ2n) is 7.56. The summed E-state index contributed by atoms with van der Waals surface area (Å²) in [5.41, 5.74) is 12.1. The van der Waals surface area contributed by atoms with Gasteiger partial charge in [-0.15, -0.1) is 0 Å². The number of nitrogens with zero attached hydrogens (tertiary/aromatic N) is 4. The first kappa shape index (κ1) is 23.8. The number of hydrogen-bond donors (Lipinski definition) is 2. The summed E-state index contributed by atoms with van der Waals surface area (Å²) in [6, 6.07) is 20.2. The summed E-state index contributed by atoms with van der Waals surface area (Å²) >= 11 is 0. The van der Waals surface area contributed by atoms with E-state index in [4.69, 9.17) is 5.73 Å². The van der Waals surface area contributed by atoms with Crippen LogP contribution < -0.4 is 16.1 Å². The van der Waals surface area contributed by atoms with Crippen molar-refractivity contribution < 1.29 is 0 Å². The Morgan fingerprint density at radius 3 is 2.27 bits per heavy atom. The Labute approximate surface area is 196 Å². The SMILES string of the molecule is C=NN(/C=C(\N)CN(CC)CC)c1cccc(Nc2ccc(/C=C/c3ccncc3)cc2)c1. The van der Waals surface area contributed by atoms with Crippen LogP contribution in [0.15, 0.2) is 90.1 Å². The molecule has 0 radical (unpaired) electrons. The van der Waals surface area contributed by atoms with Crippen LogP contribution in [-0.4, -0.2) is 36.2 Å². The molecule has 3 rings (SSSR count). The zero-order chi connectivity index (χ0) is 23.5. The van der Waals surface area contributed by atoms with Crippen molar-refractivity contribution >= 4 is 35.9 Å². The third kappa shape index (κ3) is 7.33. The van der Waals surface area contributed by atoms with Crippen molar-refractivity contribution in [3.63, 3.8) is 0 Å². The molecule has 0 bridgehead atoms. The van der Waals surface area contributed by atoms with Gasteiger partial charge in [-0.1, -0.05) is 44.2 Å². The molecule has 0 saturated heterocycles. The number of hydrogen-bond acceptors (Lipinski definition) is 6. The highest BCUT2D eigenvalue weighted by molar-refractivity contribution is 5.71. The van der Waals surface area contributed by atoms with Crippen LogP contribution in [0.3, 0.4) is 0 Å². The van der Waals surface area contributed by atoms with Crippen molar-refractivity contribution in [1.29, 1.82) is 0 Å². The monoisotopic (exact) mass is 440 g/mol. The molecule has 0 aliphatic carbocycles. The van der Waals surface area contributed by atoms with Crippen LogP contribution in [0.4, 0.5) is 17.1 Å². The number of nitrogens with two attached hydrogens (primary N) is 1. The number of rotatable bonds is 11. The summed E-state index contributed by atoms with van der Waals surface area (Å²) in [6.45, 7) is 10.5. The molecule has 6 heteroatoms. The van der Waals surface area contributed by atoms with Crippen molar-refractivity contribution in [2.75, 3.05) is 30.0 Å². The van der Waals surface area contributed by atoms with E-state index in [0.717, 1.165) is 47.0 Å². The molecule has 1 heterocycles. The summed E-state index contributed by atoms with van der Waals surface area (Å²) in [7, 11) is 0. The Morgan fingerprint density at radius 1 is 0.970 bits per heavy atom. The lowest BCUT2D eigenvalue weighted by atomic mass is 10.1. The van der Waals surface area contributed by atoms with Crippen LogP contribution in [0.2, 0.25) is 0 Å². The van der Waals surface area contributed by atoms with E-state index in [9.17, 15) is 0 Å². The second-order valence-corrected chi connectivity index (χ2v) is 7.56. The van der Waals surface area contributed by atoms with Gasteiger partial charge in [0.15, 0.2) is 0 Å². The van der Waals surface area contributed by atoms with Gasteiger partial charge in [-0.3, -0.25) is 9.88 Å². The molecular weight excluding hydrogens is 408 g/mol. The van der Waals surface area contributed by atoms with Crippen molar-refractivity contribution in [3.05, 3.63) is 96.1 Å². The highest BCUT2D eigenvalue weighted by atomic mass is 15.4. The number of nitrogens with one attached hydrogen (secondary N) is 1. The van der Waals surface area contributed by atoms with E-state index >= 15 is 0 Å². The van der Waals surface area contributed by atoms with Gasteiger partial charge in [0.25, 0.3) is 0 Å². The molecule has 2 aromatic carbocycles. The zero-order valence-electron chi connectivity index (χ0n) is 19.4. The average Bonchev–Trinajstić information content (AvgIpc) is 2.86. The molecule has 0 saturated carbocycles. The molecule has 0 fully saturated rings. The Hall–Kier alpha value is -3.90. The fourth-order valence-electron chi connectivity index (χ4n) is 3.34. The smallest absolute Gasteiger partial charge is 0.0666 e. The largest absolute Gasteiger partial charge is 0.400 e. The molecule has 0 unspecified atom stereocenters. The number of aromatic nitrogens is 1. The van der Waals surface area contributed by atoms with Gasteiger partial charge >= 0.3 is 0 Å². The topological polar surface area (TPSA) is 69.8 Å². The Balaban J connectivity index is 1.67. The minimum atomic E-state index is 0.693. The maximum atomic E-state index is 6.24. The van der Waals surface area contributed by atoms with Crippen LogP contribution in [0.1, 0.15) is 25.0 Å². The minimum Gasteiger partial charge on any atom is -0.400 e. The fourth-order valence-corrected chi connectivity index (χ4v) is 3.34. The van der Waals surface area contributed by atoms with Gasteiger partial charge in [0.05, 0.1) is 5.69 Å². The highest BCUT2D eigenvalue weighted by Gasteiger charge is 2.06. The van der Waals surface area contributed by atoms with Crippen LogP contribution in [0, 0.1) is 0 Å². The third-order valence-electron chi connectivity index (χ3n) is 5.23. The minimum absolute atomic E-state index is 0.693. The van der Waals surface area contributed by atoms with Gasteiger partial charge in [0, 0.05) is 48.9 Å².